The Morgan fingerprint density at radius 3 is 2.27 bits per heavy atom. The molecule has 0 aliphatic rings. The Morgan fingerprint density at radius 2 is 1.73 bits per heavy atom. The SMILES string of the molecule is CN=C(NCc1cccc(OCC(N)=O)c1)NCc1ccc(S(C)(=O)=O)c(C)c1.I. The molecule has 4 N–H and O–H groups in total. The van der Waals surface area contributed by atoms with Gasteiger partial charge in [0.25, 0.3) is 5.91 Å². The third kappa shape index (κ3) is 8.19. The maximum atomic E-state index is 11.7. The van der Waals surface area contributed by atoms with Crippen LogP contribution in [0.3, 0.4) is 0 Å². The van der Waals surface area contributed by atoms with Crippen LogP contribution in [0.15, 0.2) is 52.4 Å². The number of amides is 1. The van der Waals surface area contributed by atoms with Crippen LogP contribution in [0.25, 0.3) is 0 Å². The highest BCUT2D eigenvalue weighted by molar-refractivity contribution is 14.0. The summed E-state index contributed by atoms with van der Waals surface area (Å²) in [6, 6.07) is 12.6. The molecule has 0 aliphatic heterocycles. The number of aryl methyl sites for hydroxylation is 1. The number of nitrogens with two attached hydrogens (primary N) is 1. The lowest BCUT2D eigenvalue weighted by Gasteiger charge is -2.13. The lowest BCUT2D eigenvalue weighted by molar-refractivity contribution is -0.119. The highest BCUT2D eigenvalue weighted by atomic mass is 127. The van der Waals surface area contributed by atoms with Crippen LogP contribution in [0.4, 0.5) is 0 Å². The molecular formula is C20H27IN4O4S. The van der Waals surface area contributed by atoms with Gasteiger partial charge in [0.1, 0.15) is 5.75 Å². The number of ether oxygens (including phenoxy) is 1. The number of sulfone groups is 1. The summed E-state index contributed by atoms with van der Waals surface area (Å²) >= 11 is 0. The first-order valence-electron chi connectivity index (χ1n) is 8.93. The number of hydrogen-bond acceptors (Lipinski definition) is 5. The van der Waals surface area contributed by atoms with E-state index in [4.69, 9.17) is 10.5 Å². The number of carbonyl (C=O) groups excluding carboxylic acids is 1. The second-order valence-corrected chi connectivity index (χ2v) is 8.54. The van der Waals surface area contributed by atoms with Crippen molar-refractivity contribution < 1.29 is 17.9 Å². The highest BCUT2D eigenvalue weighted by Gasteiger charge is 2.11. The fraction of sp³-hybridized carbons (Fsp3) is 0.300. The van der Waals surface area contributed by atoms with Crippen molar-refractivity contribution in [3.05, 3.63) is 59.2 Å². The molecule has 2 aromatic rings. The van der Waals surface area contributed by atoms with Crippen molar-refractivity contribution in [2.45, 2.75) is 24.9 Å². The van der Waals surface area contributed by atoms with Crippen molar-refractivity contribution in [1.82, 2.24) is 10.6 Å². The van der Waals surface area contributed by atoms with Crippen molar-refractivity contribution >= 4 is 45.7 Å². The zero-order valence-electron chi connectivity index (χ0n) is 17.1. The monoisotopic (exact) mass is 546 g/mol. The molecule has 0 unspecified atom stereocenters. The smallest absolute Gasteiger partial charge is 0.255 e. The minimum Gasteiger partial charge on any atom is -0.484 e. The van der Waals surface area contributed by atoms with E-state index in [1.54, 1.807) is 32.2 Å². The molecule has 0 heterocycles. The number of benzene rings is 2. The van der Waals surface area contributed by atoms with E-state index >= 15 is 0 Å². The second-order valence-electron chi connectivity index (χ2n) is 6.55. The molecule has 0 aromatic heterocycles. The molecule has 0 fully saturated rings. The normalized spacial score (nSPS) is 11.4. The van der Waals surface area contributed by atoms with Crippen LogP contribution in [0.5, 0.6) is 5.75 Å². The zero-order valence-corrected chi connectivity index (χ0v) is 20.3. The molecule has 0 radical (unpaired) electrons. The first-order chi connectivity index (χ1) is 13.7. The summed E-state index contributed by atoms with van der Waals surface area (Å²) < 4.78 is 28.7. The van der Waals surface area contributed by atoms with Crippen molar-refractivity contribution in [3.63, 3.8) is 0 Å². The Balaban J connectivity index is 0.00000450. The number of rotatable bonds is 8. The zero-order chi connectivity index (χ0) is 21.4. The average Bonchev–Trinajstić information content (AvgIpc) is 2.66. The van der Waals surface area contributed by atoms with Crippen LogP contribution in [0.1, 0.15) is 16.7 Å². The molecule has 2 rings (SSSR count). The van der Waals surface area contributed by atoms with Gasteiger partial charge in [-0.05, 0) is 41.8 Å². The first kappa shape index (κ1) is 25.7. The molecule has 0 saturated heterocycles. The van der Waals surface area contributed by atoms with Gasteiger partial charge in [-0.25, -0.2) is 8.42 Å². The van der Waals surface area contributed by atoms with Gasteiger partial charge in [-0.2, -0.15) is 0 Å². The largest absolute Gasteiger partial charge is 0.484 e. The van der Waals surface area contributed by atoms with Gasteiger partial charge in [-0.1, -0.05) is 24.3 Å². The van der Waals surface area contributed by atoms with Crippen LogP contribution >= 0.6 is 24.0 Å². The van der Waals surface area contributed by atoms with E-state index in [2.05, 4.69) is 15.6 Å². The minimum atomic E-state index is -3.23. The molecule has 10 heteroatoms. The lowest BCUT2D eigenvalue weighted by atomic mass is 10.1. The number of nitrogens with zero attached hydrogens (tertiary/aromatic N) is 1. The van der Waals surface area contributed by atoms with E-state index in [9.17, 15) is 13.2 Å². The van der Waals surface area contributed by atoms with Gasteiger partial charge < -0.3 is 21.1 Å². The Morgan fingerprint density at radius 1 is 1.10 bits per heavy atom. The molecule has 164 valence electrons. The quantitative estimate of drug-likeness (QED) is 0.264. The number of hydrogen-bond donors (Lipinski definition) is 3. The molecule has 0 bridgehead atoms. The summed E-state index contributed by atoms with van der Waals surface area (Å²) in [5.41, 5.74) is 7.69. The molecule has 2 aromatic carbocycles. The molecule has 1 amide bonds. The van der Waals surface area contributed by atoms with Gasteiger partial charge in [0.15, 0.2) is 22.4 Å². The maximum absolute atomic E-state index is 11.7. The molecular weight excluding hydrogens is 519 g/mol. The molecule has 0 atom stereocenters. The van der Waals surface area contributed by atoms with Gasteiger partial charge in [-0.3, -0.25) is 9.79 Å². The Kier molecular flexibility index (Phi) is 10.1. The van der Waals surface area contributed by atoms with Crippen LogP contribution in [-0.4, -0.2) is 40.2 Å². The van der Waals surface area contributed by atoms with E-state index in [0.717, 1.165) is 11.1 Å². The molecule has 30 heavy (non-hydrogen) atoms. The predicted molar refractivity (Wildman–Crippen MR) is 128 cm³/mol. The standard InChI is InChI=1S/C20H26N4O4S.HI/c1-14-9-16(7-8-18(14)29(3,26)27)12-24-20(22-2)23-11-15-5-4-6-17(10-15)28-13-19(21)25;/h4-10H,11-13H2,1-3H3,(H2,21,25)(H2,22,23,24);1H. The first-order valence-corrected chi connectivity index (χ1v) is 10.8. The third-order valence-corrected chi connectivity index (χ3v) is 5.32. The van der Waals surface area contributed by atoms with E-state index in [1.165, 1.54) is 6.26 Å². The van der Waals surface area contributed by atoms with E-state index in [-0.39, 0.29) is 30.6 Å². The number of nitrogens with one attached hydrogen (secondary N) is 2. The Hall–Kier alpha value is -2.34. The number of halogens is 1. The second kappa shape index (κ2) is 11.7. The maximum Gasteiger partial charge on any atom is 0.255 e. The summed E-state index contributed by atoms with van der Waals surface area (Å²) in [5.74, 6) is 0.628. The summed E-state index contributed by atoms with van der Waals surface area (Å²) in [7, 11) is -1.56. The summed E-state index contributed by atoms with van der Waals surface area (Å²) in [5, 5.41) is 6.39. The molecule has 0 aliphatic carbocycles. The Bertz CT molecular complexity index is 1010. The van der Waals surface area contributed by atoms with E-state index in [0.29, 0.717) is 35.3 Å². The van der Waals surface area contributed by atoms with Crippen molar-refractivity contribution in [1.29, 1.82) is 0 Å². The molecule has 0 spiro atoms. The van der Waals surface area contributed by atoms with Crippen molar-refractivity contribution in [2.75, 3.05) is 19.9 Å². The fourth-order valence-corrected chi connectivity index (χ4v) is 3.69. The van der Waals surface area contributed by atoms with Gasteiger partial charge >= 0.3 is 0 Å². The number of primary amides is 1. The highest BCUT2D eigenvalue weighted by Crippen LogP contribution is 2.16. The Labute approximate surface area is 194 Å². The van der Waals surface area contributed by atoms with Crippen LogP contribution in [0, 0.1) is 6.92 Å². The minimum absolute atomic E-state index is 0. The average molecular weight is 546 g/mol. The van der Waals surface area contributed by atoms with Crippen molar-refractivity contribution in [2.24, 2.45) is 10.7 Å². The number of carbonyl (C=O) groups is 1. The predicted octanol–water partition coefficient (Wildman–Crippen LogP) is 1.75. The topological polar surface area (TPSA) is 123 Å². The third-order valence-electron chi connectivity index (χ3n) is 4.06. The van der Waals surface area contributed by atoms with Gasteiger partial charge in [0, 0.05) is 26.4 Å². The summed E-state index contributed by atoms with van der Waals surface area (Å²) in [6.45, 7) is 2.60. The van der Waals surface area contributed by atoms with Crippen LogP contribution < -0.4 is 21.1 Å². The van der Waals surface area contributed by atoms with Crippen LogP contribution in [0.2, 0.25) is 0 Å². The molecule has 8 nitrogen and oxygen atoms in total. The van der Waals surface area contributed by atoms with Crippen molar-refractivity contribution in [3.8, 4) is 5.75 Å². The number of guanidine groups is 1. The summed E-state index contributed by atoms with van der Waals surface area (Å²) in [6.07, 6.45) is 1.20. The molecule has 0 saturated carbocycles. The van der Waals surface area contributed by atoms with Crippen LogP contribution in [-0.2, 0) is 27.7 Å². The van der Waals surface area contributed by atoms with Gasteiger partial charge in [0.05, 0.1) is 4.90 Å². The van der Waals surface area contributed by atoms with E-state index < -0.39 is 15.7 Å². The lowest BCUT2D eigenvalue weighted by Crippen LogP contribution is -2.36. The van der Waals surface area contributed by atoms with Gasteiger partial charge in [0.2, 0.25) is 0 Å². The van der Waals surface area contributed by atoms with Gasteiger partial charge in [-0.15, -0.1) is 24.0 Å². The summed E-state index contributed by atoms with van der Waals surface area (Å²) in [4.78, 5) is 15.3. The number of aliphatic imine (C=N–C) groups is 1. The fourth-order valence-electron chi connectivity index (χ4n) is 2.73. The van der Waals surface area contributed by atoms with E-state index in [1.807, 2.05) is 24.3 Å².